The van der Waals surface area contributed by atoms with Crippen LogP contribution >= 0.6 is 0 Å². The summed E-state index contributed by atoms with van der Waals surface area (Å²) in [6.07, 6.45) is 2.16. The molecule has 0 saturated carbocycles. The van der Waals surface area contributed by atoms with E-state index >= 15 is 0 Å². The molecule has 2 atom stereocenters. The van der Waals surface area contributed by atoms with Gasteiger partial charge in [0.05, 0.1) is 25.3 Å². The lowest BCUT2D eigenvalue weighted by atomic mass is 10.0. The van der Waals surface area contributed by atoms with E-state index in [1.165, 1.54) is 11.1 Å². The molecule has 0 unspecified atom stereocenters. The largest absolute Gasteiger partial charge is 0.465 e. The summed E-state index contributed by atoms with van der Waals surface area (Å²) in [5.41, 5.74) is 0.992. The molecule has 8 heteroatoms. The van der Waals surface area contributed by atoms with Gasteiger partial charge >= 0.3 is 6.09 Å². The summed E-state index contributed by atoms with van der Waals surface area (Å²) < 4.78 is 5.93. The topological polar surface area (TPSA) is 108 Å². The number of amides is 2. The Bertz CT molecular complexity index is 705. The molecule has 3 rings (SSSR count). The zero-order valence-corrected chi connectivity index (χ0v) is 13.6. The number of hydrogen-bond donors (Lipinski definition) is 3. The van der Waals surface area contributed by atoms with Crippen molar-refractivity contribution in [3.8, 4) is 0 Å². The van der Waals surface area contributed by atoms with Crippen LogP contribution in [0.15, 0.2) is 42.7 Å². The summed E-state index contributed by atoms with van der Waals surface area (Å²) in [5.74, 6) is -0.102. The summed E-state index contributed by atoms with van der Waals surface area (Å²) in [4.78, 5) is 31.5. The van der Waals surface area contributed by atoms with Gasteiger partial charge in [0, 0.05) is 18.9 Å². The molecule has 0 bridgehead atoms. The predicted molar refractivity (Wildman–Crippen MR) is 89.1 cm³/mol. The summed E-state index contributed by atoms with van der Waals surface area (Å²) in [6.45, 7) is 0.918. The van der Waals surface area contributed by atoms with Crippen molar-refractivity contribution in [1.82, 2.24) is 20.2 Å². The molecule has 1 aromatic heterocycles. The van der Waals surface area contributed by atoms with Crippen molar-refractivity contribution in [1.29, 1.82) is 0 Å². The van der Waals surface area contributed by atoms with E-state index in [4.69, 9.17) is 4.74 Å². The number of hydrogen-bond acceptors (Lipinski definition) is 4. The number of carboxylic acid groups (broad SMARTS) is 1. The van der Waals surface area contributed by atoms with Crippen LogP contribution in [-0.2, 0) is 11.3 Å². The Hall–Kier alpha value is -2.87. The van der Waals surface area contributed by atoms with Crippen molar-refractivity contribution >= 4 is 12.0 Å². The van der Waals surface area contributed by atoms with Crippen molar-refractivity contribution in [3.63, 3.8) is 0 Å². The first kappa shape index (κ1) is 17.0. The van der Waals surface area contributed by atoms with Crippen molar-refractivity contribution in [2.24, 2.45) is 0 Å². The van der Waals surface area contributed by atoms with Crippen LogP contribution in [0.25, 0.3) is 0 Å². The first-order valence-corrected chi connectivity index (χ1v) is 8.07. The number of carbonyl (C=O) groups excluding carboxylic acids is 1. The fraction of sp³-hybridized carbons (Fsp3) is 0.353. The average molecular weight is 344 g/mol. The van der Waals surface area contributed by atoms with E-state index in [9.17, 15) is 14.7 Å². The van der Waals surface area contributed by atoms with Gasteiger partial charge in [-0.3, -0.25) is 4.79 Å². The Labute approximate surface area is 144 Å². The van der Waals surface area contributed by atoms with E-state index in [1.54, 1.807) is 6.20 Å². The van der Waals surface area contributed by atoms with Crippen LogP contribution in [-0.4, -0.2) is 57.2 Å². The predicted octanol–water partition coefficient (Wildman–Crippen LogP) is 1.48. The fourth-order valence-electron chi connectivity index (χ4n) is 2.83. The molecular formula is C17H20N4O4. The lowest BCUT2D eigenvalue weighted by molar-refractivity contribution is -0.0251. The maximum absolute atomic E-state index is 12.2. The Morgan fingerprint density at radius 2 is 2.16 bits per heavy atom. The number of H-pyrrole nitrogens is 1. The third kappa shape index (κ3) is 4.36. The summed E-state index contributed by atoms with van der Waals surface area (Å²) >= 11 is 0. The molecule has 1 fully saturated rings. The summed E-state index contributed by atoms with van der Waals surface area (Å²) in [6, 6.07) is 9.35. The number of imidazole rings is 1. The second-order valence-corrected chi connectivity index (χ2v) is 5.87. The highest BCUT2D eigenvalue weighted by Crippen LogP contribution is 2.17. The van der Waals surface area contributed by atoms with Crippen LogP contribution in [0.1, 0.15) is 22.6 Å². The second-order valence-electron chi connectivity index (χ2n) is 5.87. The number of nitrogens with one attached hydrogen (secondary N) is 2. The van der Waals surface area contributed by atoms with Crippen molar-refractivity contribution in [2.75, 3.05) is 13.1 Å². The molecular weight excluding hydrogens is 324 g/mol. The van der Waals surface area contributed by atoms with Crippen molar-refractivity contribution < 1.29 is 19.4 Å². The minimum absolute atomic E-state index is 0.214. The van der Waals surface area contributed by atoms with Crippen LogP contribution in [0.3, 0.4) is 0 Å². The Morgan fingerprint density at radius 3 is 2.84 bits per heavy atom. The third-order valence-corrected chi connectivity index (χ3v) is 4.17. The Balaban J connectivity index is 1.66. The molecule has 2 aromatic rings. The van der Waals surface area contributed by atoms with Gasteiger partial charge in [-0.05, 0) is 12.0 Å². The molecule has 0 aliphatic carbocycles. The van der Waals surface area contributed by atoms with Gasteiger partial charge in [-0.1, -0.05) is 30.3 Å². The van der Waals surface area contributed by atoms with E-state index in [2.05, 4.69) is 15.3 Å². The molecule has 0 radical (unpaired) electrons. The Morgan fingerprint density at radius 1 is 1.36 bits per heavy atom. The molecule has 25 heavy (non-hydrogen) atoms. The van der Waals surface area contributed by atoms with E-state index < -0.39 is 12.2 Å². The SMILES string of the molecule is O=C(N[C@H]1CCN(C(=O)O)C[C@H]1OCc1ccccc1)c1ncc[nH]1. The lowest BCUT2D eigenvalue weighted by Gasteiger charge is -2.37. The zero-order chi connectivity index (χ0) is 17.6. The molecule has 2 heterocycles. The summed E-state index contributed by atoms with van der Waals surface area (Å²) in [7, 11) is 0. The number of aromatic amines is 1. The van der Waals surface area contributed by atoms with Crippen LogP contribution in [0.5, 0.6) is 0 Å². The quantitative estimate of drug-likeness (QED) is 0.761. The average Bonchev–Trinajstić information content (AvgIpc) is 3.16. The van der Waals surface area contributed by atoms with Gasteiger partial charge < -0.3 is 25.0 Å². The van der Waals surface area contributed by atoms with Gasteiger partial charge in [0.15, 0.2) is 5.82 Å². The third-order valence-electron chi connectivity index (χ3n) is 4.17. The molecule has 0 spiro atoms. The van der Waals surface area contributed by atoms with Gasteiger partial charge in [-0.25, -0.2) is 9.78 Å². The molecule has 1 aromatic carbocycles. The molecule has 1 saturated heterocycles. The molecule has 1 aliphatic heterocycles. The number of nitrogens with zero attached hydrogens (tertiary/aromatic N) is 2. The van der Waals surface area contributed by atoms with Crippen molar-refractivity contribution in [3.05, 3.63) is 54.1 Å². The smallest absolute Gasteiger partial charge is 0.407 e. The highest BCUT2D eigenvalue weighted by molar-refractivity contribution is 5.90. The lowest BCUT2D eigenvalue weighted by Crippen LogP contribution is -2.56. The molecule has 8 nitrogen and oxygen atoms in total. The zero-order valence-electron chi connectivity index (χ0n) is 13.6. The first-order chi connectivity index (χ1) is 12.1. The van der Waals surface area contributed by atoms with E-state index in [0.29, 0.717) is 19.6 Å². The number of benzene rings is 1. The minimum atomic E-state index is -0.982. The van der Waals surface area contributed by atoms with E-state index in [0.717, 1.165) is 5.56 Å². The number of likely N-dealkylation sites (tertiary alicyclic amines) is 1. The van der Waals surface area contributed by atoms with Crippen LogP contribution < -0.4 is 5.32 Å². The van der Waals surface area contributed by atoms with Crippen LogP contribution in [0.2, 0.25) is 0 Å². The number of piperidine rings is 1. The number of rotatable bonds is 5. The Kier molecular flexibility index (Phi) is 5.30. The molecule has 1 aliphatic rings. The normalized spacial score (nSPS) is 20.2. The molecule has 132 valence electrons. The number of carbonyl (C=O) groups is 2. The van der Waals surface area contributed by atoms with Crippen LogP contribution in [0, 0.1) is 0 Å². The molecule has 2 amide bonds. The monoisotopic (exact) mass is 344 g/mol. The fourth-order valence-corrected chi connectivity index (χ4v) is 2.83. The van der Waals surface area contributed by atoms with Gasteiger partial charge in [0.1, 0.15) is 0 Å². The van der Waals surface area contributed by atoms with Gasteiger partial charge in [0.25, 0.3) is 5.91 Å². The maximum Gasteiger partial charge on any atom is 0.407 e. The minimum Gasteiger partial charge on any atom is -0.465 e. The molecule has 3 N–H and O–H groups in total. The van der Waals surface area contributed by atoms with Gasteiger partial charge in [0.2, 0.25) is 0 Å². The number of aromatic nitrogens is 2. The van der Waals surface area contributed by atoms with E-state index in [1.807, 2.05) is 30.3 Å². The number of ether oxygens (including phenoxy) is 1. The van der Waals surface area contributed by atoms with Gasteiger partial charge in [-0.2, -0.15) is 0 Å². The second kappa shape index (κ2) is 7.80. The summed E-state index contributed by atoms with van der Waals surface area (Å²) in [5, 5.41) is 12.1. The maximum atomic E-state index is 12.2. The van der Waals surface area contributed by atoms with Crippen LogP contribution in [0.4, 0.5) is 4.79 Å². The van der Waals surface area contributed by atoms with Crippen molar-refractivity contribution in [2.45, 2.75) is 25.2 Å². The highest BCUT2D eigenvalue weighted by atomic mass is 16.5. The van der Waals surface area contributed by atoms with E-state index in [-0.39, 0.29) is 24.3 Å². The van der Waals surface area contributed by atoms with Gasteiger partial charge in [-0.15, -0.1) is 0 Å². The first-order valence-electron chi connectivity index (χ1n) is 8.07. The highest BCUT2D eigenvalue weighted by Gasteiger charge is 2.33. The standard InChI is InChI=1S/C17H20N4O4/c22-16(15-18-7-8-19-15)20-13-6-9-21(17(23)24)10-14(13)25-11-12-4-2-1-3-5-12/h1-5,7-8,13-14H,6,9-11H2,(H,18,19)(H,20,22)(H,23,24)/t13-,14+/m0/s1.